The molecule has 1 unspecified atom stereocenters. The Morgan fingerprint density at radius 2 is 1.79 bits per heavy atom. The van der Waals surface area contributed by atoms with Crippen LogP contribution in [0.3, 0.4) is 0 Å². The first-order valence-electron chi connectivity index (χ1n) is 13.8. The van der Waals surface area contributed by atoms with Crippen LogP contribution in [0.1, 0.15) is 52.9 Å². The molecule has 0 radical (unpaired) electrons. The van der Waals surface area contributed by atoms with Gasteiger partial charge in [0.2, 0.25) is 5.79 Å². The minimum Gasteiger partial charge on any atom is -0.458 e. The molecule has 0 amide bonds. The fourth-order valence-electron chi connectivity index (χ4n) is 10.6. The second-order valence-electron chi connectivity index (χ2n) is 13.8. The van der Waals surface area contributed by atoms with E-state index in [0.29, 0.717) is 0 Å². The summed E-state index contributed by atoms with van der Waals surface area (Å²) in [6, 6.07) is 0. The fraction of sp³-hybridized carbons (Fsp3) is 0.786. The predicted molar refractivity (Wildman–Crippen MR) is 125 cm³/mol. The number of hydrogen-bond acceptors (Lipinski definition) is 11. The van der Waals surface area contributed by atoms with Crippen LogP contribution in [-0.4, -0.2) is 85.8 Å². The molecule has 11 heteroatoms. The number of ketones is 2. The van der Waals surface area contributed by atoms with E-state index in [1.165, 1.54) is 13.0 Å². The smallest absolute Gasteiger partial charge is 0.342 e. The Hall–Kier alpha value is -2.18. The first kappa shape index (κ1) is 24.6. The zero-order chi connectivity index (χ0) is 27.8. The van der Waals surface area contributed by atoms with Gasteiger partial charge < -0.3 is 34.3 Å². The van der Waals surface area contributed by atoms with Gasteiger partial charge in [-0.2, -0.15) is 0 Å². The zero-order valence-corrected chi connectivity index (χ0v) is 22.0. The van der Waals surface area contributed by atoms with Crippen molar-refractivity contribution in [2.45, 2.75) is 93.3 Å². The molecule has 11 nitrogen and oxygen atoms in total. The van der Waals surface area contributed by atoms with Gasteiger partial charge in [-0.25, -0.2) is 4.79 Å². The number of rotatable bonds is 0. The van der Waals surface area contributed by atoms with E-state index >= 15 is 0 Å². The molecular weight excluding hydrogens is 512 g/mol. The molecule has 0 aromatic carbocycles. The van der Waals surface area contributed by atoms with Crippen molar-refractivity contribution in [2.24, 2.45) is 34.5 Å². The van der Waals surface area contributed by atoms with Crippen LogP contribution in [0, 0.1) is 34.5 Å². The second kappa shape index (κ2) is 6.49. The van der Waals surface area contributed by atoms with Crippen LogP contribution in [0.15, 0.2) is 12.2 Å². The molecule has 5 aliphatic heterocycles. The zero-order valence-electron chi connectivity index (χ0n) is 22.0. The quantitative estimate of drug-likeness (QED) is 0.344. The third-order valence-corrected chi connectivity index (χ3v) is 12.6. The van der Waals surface area contributed by atoms with E-state index in [1.54, 1.807) is 19.9 Å². The van der Waals surface area contributed by atoms with Crippen molar-refractivity contribution < 1.29 is 53.4 Å². The number of hydrogen-bond donors (Lipinski definition) is 3. The molecule has 3 N–H and O–H groups in total. The Balaban J connectivity index is 1.44. The Kier molecular flexibility index (Phi) is 4.09. The van der Waals surface area contributed by atoms with Crippen LogP contribution in [0.25, 0.3) is 0 Å². The largest absolute Gasteiger partial charge is 0.458 e. The van der Waals surface area contributed by atoms with Gasteiger partial charge in [0.05, 0.1) is 41.5 Å². The highest BCUT2D eigenvalue weighted by atomic mass is 16.8. The van der Waals surface area contributed by atoms with Crippen LogP contribution in [0.5, 0.6) is 0 Å². The molecule has 2 spiro atoms. The van der Waals surface area contributed by atoms with Gasteiger partial charge in [0.25, 0.3) is 0 Å². The first-order chi connectivity index (χ1) is 18.2. The van der Waals surface area contributed by atoms with Crippen LogP contribution < -0.4 is 0 Å². The highest BCUT2D eigenvalue weighted by Crippen LogP contribution is 2.75. The second-order valence-corrected chi connectivity index (χ2v) is 13.8. The van der Waals surface area contributed by atoms with E-state index in [4.69, 9.17) is 18.9 Å². The maximum atomic E-state index is 14.9. The Morgan fingerprint density at radius 3 is 2.54 bits per heavy atom. The summed E-state index contributed by atoms with van der Waals surface area (Å²) in [5.74, 6) is -8.83. The van der Waals surface area contributed by atoms with Gasteiger partial charge in [-0.3, -0.25) is 14.4 Å². The number of fused-ring (bicyclic) bond motifs is 5. The van der Waals surface area contributed by atoms with Gasteiger partial charge in [0.1, 0.15) is 6.10 Å². The van der Waals surface area contributed by atoms with Crippen molar-refractivity contribution in [1.29, 1.82) is 0 Å². The van der Waals surface area contributed by atoms with Gasteiger partial charge in [0, 0.05) is 6.42 Å². The molecule has 3 aliphatic carbocycles. The van der Waals surface area contributed by atoms with E-state index in [2.05, 4.69) is 0 Å². The topological polar surface area (TPSA) is 166 Å². The Labute approximate surface area is 223 Å². The molecule has 0 aromatic rings. The standard InChI is InChI=1S/C28H32O11/c1-22-10-16-24(3)28-18(22)19(31)27(39-28,36-11-13(22)20(32)37-16)17-12(6-8-26(28,35)21(33)38-24)23(2)15(30)5-4-7-25(23,34)9-14(17)29/h4-5,12-14,16-18,29,34-35H,6-11H2,1-3H3/t12-,13-,14-,16-,17+,18+,22+,23-,24-,25+,26-,27?,28+/m1/s1. The summed E-state index contributed by atoms with van der Waals surface area (Å²) in [4.78, 5) is 55.5. The maximum absolute atomic E-state index is 14.9. The number of Topliss-reactive ketones (excluding diaryl/α,β-unsaturated/α-hetero) is 1. The lowest BCUT2D eigenvalue weighted by molar-refractivity contribution is -0.385. The van der Waals surface area contributed by atoms with E-state index in [1.807, 2.05) is 0 Å². The number of allylic oxidation sites excluding steroid dienone is 1. The van der Waals surface area contributed by atoms with Crippen molar-refractivity contribution in [1.82, 2.24) is 0 Å². The molecule has 39 heavy (non-hydrogen) atoms. The molecule has 2 saturated carbocycles. The average molecular weight is 545 g/mol. The molecular formula is C28H32O11. The lowest BCUT2D eigenvalue weighted by atomic mass is 9.46. The summed E-state index contributed by atoms with van der Waals surface area (Å²) >= 11 is 0. The first-order valence-corrected chi connectivity index (χ1v) is 13.8. The minimum absolute atomic E-state index is 0.00259. The van der Waals surface area contributed by atoms with Crippen molar-refractivity contribution in [3.63, 3.8) is 0 Å². The lowest BCUT2D eigenvalue weighted by Gasteiger charge is -2.64. The third kappa shape index (κ3) is 2.13. The minimum atomic E-state index is -2.34. The molecule has 8 aliphatic rings. The van der Waals surface area contributed by atoms with Crippen LogP contribution in [0.4, 0.5) is 0 Å². The summed E-state index contributed by atoms with van der Waals surface area (Å²) in [5.41, 5.74) is -10.2. The highest BCUT2D eigenvalue weighted by molar-refractivity contribution is 6.00. The Bertz CT molecular complexity index is 1330. The van der Waals surface area contributed by atoms with Gasteiger partial charge >= 0.3 is 11.9 Å². The van der Waals surface area contributed by atoms with Crippen molar-refractivity contribution in [2.75, 3.05) is 6.61 Å². The van der Waals surface area contributed by atoms with Crippen LogP contribution in [0.2, 0.25) is 0 Å². The number of carbonyl (C=O) groups is 4. The van der Waals surface area contributed by atoms with E-state index in [0.717, 1.165) is 0 Å². The van der Waals surface area contributed by atoms with Crippen LogP contribution in [-0.2, 0) is 38.1 Å². The van der Waals surface area contributed by atoms with Crippen molar-refractivity contribution in [3.05, 3.63) is 12.2 Å². The van der Waals surface area contributed by atoms with Crippen LogP contribution >= 0.6 is 0 Å². The number of carbonyl (C=O) groups excluding carboxylic acids is 4. The normalized spacial score (nSPS) is 62.0. The predicted octanol–water partition coefficient (Wildman–Crippen LogP) is -0.277. The Morgan fingerprint density at radius 1 is 1.05 bits per heavy atom. The van der Waals surface area contributed by atoms with E-state index in [9.17, 15) is 34.5 Å². The summed E-state index contributed by atoms with van der Waals surface area (Å²) in [5, 5.41) is 35.9. The van der Waals surface area contributed by atoms with Gasteiger partial charge in [-0.05, 0) is 56.9 Å². The lowest BCUT2D eigenvalue weighted by Crippen LogP contribution is -2.79. The number of ether oxygens (including phenoxy) is 4. The molecule has 5 bridgehead atoms. The summed E-state index contributed by atoms with van der Waals surface area (Å²) in [6.07, 6.45) is 0.531. The monoisotopic (exact) mass is 544 g/mol. The third-order valence-electron chi connectivity index (χ3n) is 12.6. The SMILES string of the molecule is C[C@]12C[C@H]3OC(=O)[C@H]1COC14O[C@]5([C@H]2C1=O)[C@@](O)(CC[C@@H]1[C@H]4[C@H](O)C[C@@]2(O)CC=CC(=O)[C@@]12C)C(=O)O[C@]35C. The molecule has 7 fully saturated rings. The van der Waals surface area contributed by atoms with Gasteiger partial charge in [0.15, 0.2) is 28.4 Å². The number of aliphatic hydroxyl groups is 3. The van der Waals surface area contributed by atoms with E-state index in [-0.39, 0.29) is 44.5 Å². The highest BCUT2D eigenvalue weighted by Gasteiger charge is 2.93. The van der Waals surface area contributed by atoms with Crippen molar-refractivity contribution >= 4 is 23.5 Å². The molecule has 8 rings (SSSR count). The fourth-order valence-corrected chi connectivity index (χ4v) is 10.6. The molecule has 0 aromatic heterocycles. The maximum Gasteiger partial charge on any atom is 0.342 e. The van der Waals surface area contributed by atoms with Gasteiger partial charge in [-0.1, -0.05) is 13.0 Å². The molecule has 210 valence electrons. The summed E-state index contributed by atoms with van der Waals surface area (Å²) < 4.78 is 24.8. The number of esters is 2. The summed E-state index contributed by atoms with van der Waals surface area (Å²) in [7, 11) is 0. The number of aliphatic hydroxyl groups excluding tert-OH is 1. The van der Waals surface area contributed by atoms with E-state index < -0.39 is 92.6 Å². The average Bonchev–Trinajstić information content (AvgIpc) is 3.17. The molecule has 5 heterocycles. The summed E-state index contributed by atoms with van der Waals surface area (Å²) in [6.45, 7) is 4.68. The van der Waals surface area contributed by atoms with Gasteiger partial charge in [-0.15, -0.1) is 0 Å². The molecule has 13 atom stereocenters. The molecule has 5 saturated heterocycles. The van der Waals surface area contributed by atoms with Crippen molar-refractivity contribution in [3.8, 4) is 0 Å².